The molecule has 0 fully saturated rings. The summed E-state index contributed by atoms with van der Waals surface area (Å²) in [5, 5.41) is 0. The molecule has 0 aliphatic heterocycles. The third kappa shape index (κ3) is 6.27. The first-order valence-corrected chi connectivity index (χ1v) is 9.55. The molecule has 0 aliphatic rings. The number of carbonyl (C=O) groups is 1. The van der Waals surface area contributed by atoms with Gasteiger partial charge in [0.25, 0.3) is 0 Å². The van der Waals surface area contributed by atoms with Crippen molar-refractivity contribution < 1.29 is 9.53 Å². The van der Waals surface area contributed by atoms with Gasteiger partial charge in [-0.25, -0.2) is 0 Å². The van der Waals surface area contributed by atoms with Crippen molar-refractivity contribution in [2.75, 3.05) is 0 Å². The summed E-state index contributed by atoms with van der Waals surface area (Å²) in [6.45, 7) is 5.44. The molecule has 1 unspecified atom stereocenters. The van der Waals surface area contributed by atoms with E-state index in [0.717, 1.165) is 6.42 Å². The van der Waals surface area contributed by atoms with Gasteiger partial charge in [-0.3, -0.25) is 4.79 Å². The molecule has 0 saturated carbocycles. The lowest BCUT2D eigenvalue weighted by Crippen LogP contribution is -2.31. The summed E-state index contributed by atoms with van der Waals surface area (Å²) in [4.78, 5) is 11.5. The monoisotopic (exact) mass is 320 g/mol. The van der Waals surface area contributed by atoms with Crippen LogP contribution < -0.4 is 0 Å². The summed E-state index contributed by atoms with van der Waals surface area (Å²) < 4.78 is 4.61. The second kappa shape index (κ2) is 6.36. The highest BCUT2D eigenvalue weighted by atomic mass is 79.9. The van der Waals surface area contributed by atoms with Gasteiger partial charge in [-0.2, -0.15) is 22.2 Å². The normalized spacial score (nSPS) is 14.2. The Labute approximate surface area is 104 Å². The van der Waals surface area contributed by atoms with Crippen molar-refractivity contribution in [3.8, 4) is 0 Å². The molecule has 0 bridgehead atoms. The van der Waals surface area contributed by atoms with E-state index in [1.54, 1.807) is 13.8 Å². The number of ether oxygens (including phenoxy) is 1. The van der Waals surface area contributed by atoms with Crippen LogP contribution >= 0.6 is 38.1 Å². The van der Waals surface area contributed by atoms with Crippen LogP contribution in [0.1, 0.15) is 27.2 Å². The van der Waals surface area contributed by atoms with E-state index in [9.17, 15) is 4.79 Å². The molecule has 6 heteroatoms. The molecule has 1 atom stereocenters. The van der Waals surface area contributed by atoms with Crippen LogP contribution in [0, 0.1) is 0 Å². The first-order chi connectivity index (χ1) is 6.27. The van der Waals surface area contributed by atoms with Crippen LogP contribution in [0.3, 0.4) is 0 Å². The van der Waals surface area contributed by atoms with Crippen LogP contribution in [0.25, 0.3) is 0 Å². The Morgan fingerprint density at radius 3 is 2.36 bits per heavy atom. The first kappa shape index (κ1) is 14.7. The second-order valence-electron chi connectivity index (χ2n) is 3.53. The topological polar surface area (TPSA) is 26.3 Å². The predicted octanol–water partition coefficient (Wildman–Crippen LogP) is 3.18. The fourth-order valence-electron chi connectivity index (χ4n) is 0.788. The van der Waals surface area contributed by atoms with Crippen LogP contribution in [-0.4, -0.2) is 23.8 Å². The van der Waals surface area contributed by atoms with Gasteiger partial charge >= 0.3 is 5.97 Å². The summed E-state index contributed by atoms with van der Waals surface area (Å²) in [6, 6.07) is 0.606. The Morgan fingerprint density at radius 1 is 1.57 bits per heavy atom. The van der Waals surface area contributed by atoms with E-state index in [2.05, 4.69) is 15.9 Å². The van der Waals surface area contributed by atoms with Crippen molar-refractivity contribution in [1.82, 2.24) is 0 Å². The summed E-state index contributed by atoms with van der Waals surface area (Å²) in [5.74, 6) is -0.271. The molecule has 0 aromatic rings. The van der Waals surface area contributed by atoms with Crippen molar-refractivity contribution in [2.24, 2.45) is 0 Å². The standard InChI is InChI=1S/C8H15BrCl2O2Si/c1-4-6(5-14(10)11)13-7(12)8(2,3)9/h6,14H,4-5H2,1-3H3. The van der Waals surface area contributed by atoms with E-state index in [1.807, 2.05) is 6.92 Å². The van der Waals surface area contributed by atoms with Gasteiger partial charge in [0.15, 0.2) is 0 Å². The Bertz CT molecular complexity index is 194. The summed E-state index contributed by atoms with van der Waals surface area (Å²) >= 11 is 14.7. The lowest BCUT2D eigenvalue weighted by molar-refractivity contribution is -0.150. The maximum atomic E-state index is 11.5. The lowest BCUT2D eigenvalue weighted by Gasteiger charge is -2.21. The number of alkyl halides is 1. The number of rotatable bonds is 5. The fourth-order valence-corrected chi connectivity index (χ4v) is 2.90. The zero-order valence-electron chi connectivity index (χ0n) is 8.52. The van der Waals surface area contributed by atoms with E-state index in [4.69, 9.17) is 26.9 Å². The minimum Gasteiger partial charge on any atom is -0.462 e. The van der Waals surface area contributed by atoms with Gasteiger partial charge in [0.1, 0.15) is 10.4 Å². The molecule has 0 spiro atoms. The highest BCUT2D eigenvalue weighted by Crippen LogP contribution is 2.21. The number of halogens is 3. The Hall–Kier alpha value is 0.747. The van der Waals surface area contributed by atoms with E-state index < -0.39 is 11.7 Å². The summed E-state index contributed by atoms with van der Waals surface area (Å²) in [5.41, 5.74) is 0. The van der Waals surface area contributed by atoms with Gasteiger partial charge in [-0.1, -0.05) is 22.9 Å². The van der Waals surface area contributed by atoms with Crippen LogP contribution in [0.15, 0.2) is 0 Å². The molecule has 84 valence electrons. The lowest BCUT2D eigenvalue weighted by atomic mass is 10.2. The zero-order chi connectivity index (χ0) is 11.4. The fraction of sp³-hybridized carbons (Fsp3) is 0.875. The van der Waals surface area contributed by atoms with Gasteiger partial charge in [-0.05, 0) is 20.3 Å². The SMILES string of the molecule is CCC(C[SiH](Cl)Cl)OC(=O)C(C)(C)Br. The van der Waals surface area contributed by atoms with E-state index in [-0.39, 0.29) is 12.1 Å². The van der Waals surface area contributed by atoms with Crippen molar-refractivity contribution in [2.45, 2.75) is 43.7 Å². The zero-order valence-corrected chi connectivity index (χ0v) is 12.8. The molecule has 0 N–H and O–H groups in total. The second-order valence-corrected chi connectivity index (χ2v) is 10.6. The quantitative estimate of drug-likeness (QED) is 0.336. The van der Waals surface area contributed by atoms with Crippen LogP contribution in [0.5, 0.6) is 0 Å². The van der Waals surface area contributed by atoms with E-state index in [0.29, 0.717) is 6.04 Å². The molecule has 0 heterocycles. The van der Waals surface area contributed by atoms with Crippen LogP contribution in [-0.2, 0) is 9.53 Å². The van der Waals surface area contributed by atoms with Gasteiger partial charge in [0, 0.05) is 6.04 Å². The number of carbonyl (C=O) groups excluding carboxylic acids is 1. The molecule has 0 amide bonds. The molecule has 0 radical (unpaired) electrons. The maximum Gasteiger partial charge on any atom is 0.322 e. The molecule has 0 aromatic heterocycles. The molecular weight excluding hydrogens is 307 g/mol. The maximum absolute atomic E-state index is 11.5. The van der Waals surface area contributed by atoms with Gasteiger partial charge in [0.2, 0.25) is 7.42 Å². The number of hydrogen-bond donors (Lipinski definition) is 0. The highest BCUT2D eigenvalue weighted by molar-refractivity contribution is 9.10. The minimum absolute atomic E-state index is 0.147. The molecule has 0 rings (SSSR count). The summed E-state index contributed by atoms with van der Waals surface area (Å²) in [6.07, 6.45) is 0.601. The number of hydrogen-bond acceptors (Lipinski definition) is 2. The Balaban J connectivity index is 4.12. The predicted molar refractivity (Wildman–Crippen MR) is 66.8 cm³/mol. The van der Waals surface area contributed by atoms with E-state index >= 15 is 0 Å². The first-order valence-electron chi connectivity index (χ1n) is 4.45. The van der Waals surface area contributed by atoms with Crippen LogP contribution in [0.2, 0.25) is 6.04 Å². The van der Waals surface area contributed by atoms with E-state index in [1.165, 1.54) is 0 Å². The minimum atomic E-state index is -1.71. The molecule has 2 nitrogen and oxygen atoms in total. The largest absolute Gasteiger partial charge is 0.462 e. The third-order valence-corrected chi connectivity index (χ3v) is 3.93. The van der Waals surface area contributed by atoms with Gasteiger partial charge < -0.3 is 4.74 Å². The van der Waals surface area contributed by atoms with Crippen LogP contribution in [0.4, 0.5) is 0 Å². The van der Waals surface area contributed by atoms with Crippen molar-refractivity contribution in [1.29, 1.82) is 0 Å². The Morgan fingerprint density at radius 2 is 2.07 bits per heavy atom. The Kier molecular flexibility index (Phi) is 6.69. The van der Waals surface area contributed by atoms with Crippen molar-refractivity contribution in [3.05, 3.63) is 0 Å². The average Bonchev–Trinajstić information content (AvgIpc) is 2.00. The number of esters is 1. The third-order valence-electron chi connectivity index (χ3n) is 1.66. The molecule has 14 heavy (non-hydrogen) atoms. The summed E-state index contributed by atoms with van der Waals surface area (Å²) in [7, 11) is -1.71. The van der Waals surface area contributed by atoms with Gasteiger partial charge in [0.05, 0.1) is 0 Å². The average molecular weight is 322 g/mol. The van der Waals surface area contributed by atoms with Crippen molar-refractivity contribution >= 4 is 51.5 Å². The smallest absolute Gasteiger partial charge is 0.322 e. The molecular formula is C8H15BrCl2O2Si. The molecule has 0 saturated heterocycles. The van der Waals surface area contributed by atoms with Gasteiger partial charge in [-0.15, -0.1) is 0 Å². The van der Waals surface area contributed by atoms with Crippen molar-refractivity contribution in [3.63, 3.8) is 0 Å². The highest BCUT2D eigenvalue weighted by Gasteiger charge is 2.28. The molecule has 0 aromatic carbocycles. The molecule has 0 aliphatic carbocycles.